The standard InChI is InChI=1S/C16H17BrFN/c1-11-5-3-4-6-14(11)12(2)19-10-13-7-8-15(17)16(18)9-13/h3-9,12,19H,10H2,1-2H3/t12-/m1/s1. The molecule has 100 valence electrons. The smallest absolute Gasteiger partial charge is 0.137 e. The minimum absolute atomic E-state index is 0.220. The number of halogens is 2. The molecule has 1 atom stereocenters. The molecule has 0 radical (unpaired) electrons. The third-order valence-corrected chi connectivity index (χ3v) is 3.89. The van der Waals surface area contributed by atoms with Gasteiger partial charge in [0, 0.05) is 12.6 Å². The molecule has 0 aromatic heterocycles. The van der Waals surface area contributed by atoms with Gasteiger partial charge in [-0.25, -0.2) is 4.39 Å². The van der Waals surface area contributed by atoms with Gasteiger partial charge in [0.15, 0.2) is 0 Å². The Hall–Kier alpha value is -1.19. The van der Waals surface area contributed by atoms with Crippen molar-refractivity contribution >= 4 is 15.9 Å². The van der Waals surface area contributed by atoms with E-state index in [1.54, 1.807) is 12.1 Å². The van der Waals surface area contributed by atoms with Crippen molar-refractivity contribution in [3.8, 4) is 0 Å². The van der Waals surface area contributed by atoms with Gasteiger partial charge in [-0.1, -0.05) is 30.3 Å². The fraction of sp³-hybridized carbons (Fsp3) is 0.250. The summed E-state index contributed by atoms with van der Waals surface area (Å²) in [5, 5.41) is 3.42. The van der Waals surface area contributed by atoms with Gasteiger partial charge in [-0.15, -0.1) is 0 Å². The van der Waals surface area contributed by atoms with Gasteiger partial charge in [0.05, 0.1) is 4.47 Å². The summed E-state index contributed by atoms with van der Waals surface area (Å²) in [5.41, 5.74) is 3.49. The molecule has 19 heavy (non-hydrogen) atoms. The van der Waals surface area contributed by atoms with Crippen molar-refractivity contribution < 1.29 is 4.39 Å². The van der Waals surface area contributed by atoms with Crippen LogP contribution in [-0.2, 0) is 6.54 Å². The van der Waals surface area contributed by atoms with E-state index in [1.165, 1.54) is 11.1 Å². The normalized spacial score (nSPS) is 12.4. The Kier molecular flexibility index (Phi) is 4.72. The van der Waals surface area contributed by atoms with Gasteiger partial charge in [0.25, 0.3) is 0 Å². The van der Waals surface area contributed by atoms with Crippen LogP contribution in [0.5, 0.6) is 0 Å². The van der Waals surface area contributed by atoms with Crippen molar-refractivity contribution in [1.29, 1.82) is 0 Å². The number of hydrogen-bond acceptors (Lipinski definition) is 1. The molecule has 0 aliphatic heterocycles. The number of rotatable bonds is 4. The lowest BCUT2D eigenvalue weighted by Gasteiger charge is -2.16. The lowest BCUT2D eigenvalue weighted by molar-refractivity contribution is 0.566. The molecule has 2 rings (SSSR count). The molecule has 1 N–H and O–H groups in total. The molecule has 0 aliphatic rings. The SMILES string of the molecule is Cc1ccccc1[C@@H](C)NCc1ccc(Br)c(F)c1. The monoisotopic (exact) mass is 321 g/mol. The second-order valence-electron chi connectivity index (χ2n) is 4.71. The van der Waals surface area contributed by atoms with Gasteiger partial charge in [0.2, 0.25) is 0 Å². The van der Waals surface area contributed by atoms with E-state index in [0.29, 0.717) is 11.0 Å². The lowest BCUT2D eigenvalue weighted by atomic mass is 10.0. The minimum Gasteiger partial charge on any atom is -0.306 e. The van der Waals surface area contributed by atoms with Crippen LogP contribution in [0.4, 0.5) is 4.39 Å². The Morgan fingerprint density at radius 2 is 1.95 bits per heavy atom. The van der Waals surface area contributed by atoms with Crippen LogP contribution in [0, 0.1) is 12.7 Å². The summed E-state index contributed by atoms with van der Waals surface area (Å²) in [7, 11) is 0. The van der Waals surface area contributed by atoms with Gasteiger partial charge >= 0.3 is 0 Å². The molecule has 0 saturated heterocycles. The first kappa shape index (κ1) is 14.2. The van der Waals surface area contributed by atoms with E-state index in [1.807, 2.05) is 18.2 Å². The molecule has 3 heteroatoms. The molecule has 0 spiro atoms. The van der Waals surface area contributed by atoms with E-state index in [9.17, 15) is 4.39 Å². The summed E-state index contributed by atoms with van der Waals surface area (Å²) in [5.74, 6) is -0.220. The van der Waals surface area contributed by atoms with E-state index < -0.39 is 0 Å². The number of hydrogen-bond donors (Lipinski definition) is 1. The van der Waals surface area contributed by atoms with Gasteiger partial charge in [0.1, 0.15) is 5.82 Å². The van der Waals surface area contributed by atoms with Gasteiger partial charge in [-0.2, -0.15) is 0 Å². The van der Waals surface area contributed by atoms with Crippen molar-refractivity contribution in [2.45, 2.75) is 26.4 Å². The highest BCUT2D eigenvalue weighted by Gasteiger charge is 2.07. The van der Waals surface area contributed by atoms with Gasteiger partial charge < -0.3 is 5.32 Å². The first-order valence-electron chi connectivity index (χ1n) is 6.31. The molecule has 0 aliphatic carbocycles. The number of aryl methyl sites for hydroxylation is 1. The number of benzene rings is 2. The Bertz CT molecular complexity index is 568. The highest BCUT2D eigenvalue weighted by Crippen LogP contribution is 2.19. The third-order valence-electron chi connectivity index (χ3n) is 3.25. The fourth-order valence-corrected chi connectivity index (χ4v) is 2.35. The summed E-state index contributed by atoms with van der Waals surface area (Å²) >= 11 is 3.16. The van der Waals surface area contributed by atoms with Crippen LogP contribution in [0.3, 0.4) is 0 Å². The molecule has 0 amide bonds. The van der Waals surface area contributed by atoms with Crippen LogP contribution in [0.1, 0.15) is 29.7 Å². The zero-order chi connectivity index (χ0) is 13.8. The largest absolute Gasteiger partial charge is 0.306 e. The quantitative estimate of drug-likeness (QED) is 0.857. The van der Waals surface area contributed by atoms with E-state index in [4.69, 9.17) is 0 Å². The van der Waals surface area contributed by atoms with Gasteiger partial charge in [-0.3, -0.25) is 0 Å². The highest BCUT2D eigenvalue weighted by molar-refractivity contribution is 9.10. The summed E-state index contributed by atoms with van der Waals surface area (Å²) in [6.07, 6.45) is 0. The maximum atomic E-state index is 13.4. The second kappa shape index (κ2) is 6.31. The maximum absolute atomic E-state index is 13.4. The Morgan fingerprint density at radius 1 is 1.21 bits per heavy atom. The fourth-order valence-electron chi connectivity index (χ4n) is 2.10. The summed E-state index contributed by atoms with van der Waals surface area (Å²) < 4.78 is 13.9. The molecular weight excluding hydrogens is 305 g/mol. The molecule has 0 saturated carbocycles. The minimum atomic E-state index is -0.220. The number of nitrogens with one attached hydrogen (secondary N) is 1. The Labute approximate surface area is 122 Å². The first-order chi connectivity index (χ1) is 9.08. The van der Waals surface area contributed by atoms with Crippen LogP contribution in [0.25, 0.3) is 0 Å². The third kappa shape index (κ3) is 3.64. The molecule has 0 bridgehead atoms. The van der Waals surface area contributed by atoms with E-state index in [2.05, 4.69) is 47.2 Å². The predicted octanol–water partition coefficient (Wildman–Crippen LogP) is 4.75. The average Bonchev–Trinajstić information content (AvgIpc) is 2.40. The van der Waals surface area contributed by atoms with Crippen molar-refractivity contribution in [3.05, 3.63) is 69.4 Å². The van der Waals surface area contributed by atoms with Gasteiger partial charge in [-0.05, 0) is 58.6 Å². The van der Waals surface area contributed by atoms with Crippen LogP contribution < -0.4 is 5.32 Å². The maximum Gasteiger partial charge on any atom is 0.137 e. The summed E-state index contributed by atoms with van der Waals surface area (Å²) in [4.78, 5) is 0. The average molecular weight is 322 g/mol. The Morgan fingerprint density at radius 3 is 2.63 bits per heavy atom. The van der Waals surface area contributed by atoms with Crippen molar-refractivity contribution in [2.24, 2.45) is 0 Å². The summed E-state index contributed by atoms with van der Waals surface area (Å²) in [6.45, 7) is 4.88. The molecule has 0 fully saturated rings. The molecule has 2 aromatic carbocycles. The van der Waals surface area contributed by atoms with Crippen molar-refractivity contribution in [1.82, 2.24) is 5.32 Å². The van der Waals surface area contributed by atoms with E-state index in [-0.39, 0.29) is 11.9 Å². The molecule has 0 heterocycles. The molecule has 0 unspecified atom stereocenters. The van der Waals surface area contributed by atoms with Crippen molar-refractivity contribution in [2.75, 3.05) is 0 Å². The predicted molar refractivity (Wildman–Crippen MR) is 80.5 cm³/mol. The van der Waals surface area contributed by atoms with Crippen LogP contribution in [0.2, 0.25) is 0 Å². The Balaban J connectivity index is 2.02. The first-order valence-corrected chi connectivity index (χ1v) is 7.10. The topological polar surface area (TPSA) is 12.0 Å². The molecule has 2 aromatic rings. The zero-order valence-corrected chi connectivity index (χ0v) is 12.7. The van der Waals surface area contributed by atoms with Crippen LogP contribution in [0.15, 0.2) is 46.9 Å². The lowest BCUT2D eigenvalue weighted by Crippen LogP contribution is -2.18. The van der Waals surface area contributed by atoms with Crippen LogP contribution in [-0.4, -0.2) is 0 Å². The second-order valence-corrected chi connectivity index (χ2v) is 5.56. The van der Waals surface area contributed by atoms with E-state index >= 15 is 0 Å². The highest BCUT2D eigenvalue weighted by atomic mass is 79.9. The van der Waals surface area contributed by atoms with Crippen molar-refractivity contribution in [3.63, 3.8) is 0 Å². The van der Waals surface area contributed by atoms with Crippen LogP contribution >= 0.6 is 15.9 Å². The summed E-state index contributed by atoms with van der Waals surface area (Å²) in [6, 6.07) is 13.8. The zero-order valence-electron chi connectivity index (χ0n) is 11.1. The molecule has 1 nitrogen and oxygen atoms in total. The van der Waals surface area contributed by atoms with E-state index in [0.717, 1.165) is 5.56 Å². The molecular formula is C16H17BrFN.